The van der Waals surface area contributed by atoms with Crippen LogP contribution in [-0.2, 0) is 4.74 Å². The monoisotopic (exact) mass is 328 g/mol. The molecule has 4 rings (SSSR count). The van der Waals surface area contributed by atoms with Crippen molar-refractivity contribution in [3.8, 4) is 5.75 Å². The van der Waals surface area contributed by atoms with Crippen LogP contribution in [-0.4, -0.2) is 25.2 Å². The van der Waals surface area contributed by atoms with Crippen molar-refractivity contribution in [2.45, 2.75) is 19.1 Å². The average molecular weight is 328 g/mol. The predicted octanol–water partition coefficient (Wildman–Crippen LogP) is 4.06. The molecule has 1 N–H and O–H groups in total. The summed E-state index contributed by atoms with van der Waals surface area (Å²) in [6.07, 6.45) is 0.226. The fraction of sp³-hybridized carbons (Fsp3) is 0.333. The van der Waals surface area contributed by atoms with E-state index in [4.69, 9.17) is 9.47 Å². The highest BCUT2D eigenvalue weighted by Gasteiger charge is 2.29. The first-order chi connectivity index (χ1) is 11.3. The fourth-order valence-electron chi connectivity index (χ4n) is 3.14. The second kappa shape index (κ2) is 6.34. The summed E-state index contributed by atoms with van der Waals surface area (Å²) < 4.78 is 14.9. The lowest BCUT2D eigenvalue weighted by Crippen LogP contribution is -2.43. The Labute approximate surface area is 140 Å². The Bertz CT molecular complexity index is 680. The molecule has 2 aliphatic heterocycles. The lowest BCUT2D eigenvalue weighted by molar-refractivity contribution is 0.0303. The van der Waals surface area contributed by atoms with Gasteiger partial charge in [0.25, 0.3) is 0 Å². The summed E-state index contributed by atoms with van der Waals surface area (Å²) in [6, 6.07) is 17.2. The van der Waals surface area contributed by atoms with Gasteiger partial charge < -0.3 is 19.1 Å². The number of hydrogen-bond acceptors (Lipinski definition) is 5. The predicted molar refractivity (Wildman–Crippen MR) is 95.1 cm³/mol. The first-order valence-electron chi connectivity index (χ1n) is 7.89. The molecule has 2 atom stereocenters. The van der Waals surface area contributed by atoms with E-state index in [0.717, 1.165) is 18.0 Å². The minimum Gasteiger partial charge on any atom is -0.479 e. The highest BCUT2D eigenvalue weighted by atomic mass is 32.2. The van der Waals surface area contributed by atoms with Crippen LogP contribution in [0, 0.1) is 0 Å². The van der Waals surface area contributed by atoms with E-state index in [9.17, 15) is 0 Å². The number of nitrogens with one attached hydrogen (secondary N) is 1. The summed E-state index contributed by atoms with van der Waals surface area (Å²) >= 11 is 1.58. The molecular formula is C18H20N2O2S. The molecule has 2 aliphatic rings. The van der Waals surface area contributed by atoms with E-state index in [0.29, 0.717) is 12.5 Å². The third-order valence-electron chi connectivity index (χ3n) is 4.30. The molecule has 2 aromatic rings. The van der Waals surface area contributed by atoms with Gasteiger partial charge in [-0.2, -0.15) is 0 Å². The highest BCUT2D eigenvalue weighted by molar-refractivity contribution is 8.00. The van der Waals surface area contributed by atoms with Crippen LogP contribution in [0.3, 0.4) is 0 Å². The van der Waals surface area contributed by atoms with Gasteiger partial charge >= 0.3 is 0 Å². The maximum Gasteiger partial charge on any atom is 0.153 e. The lowest BCUT2D eigenvalue weighted by atomic mass is 10.0. The molecule has 5 heteroatoms. The first kappa shape index (κ1) is 14.7. The van der Waals surface area contributed by atoms with Crippen molar-refractivity contribution in [2.75, 3.05) is 28.7 Å². The second-order valence-corrected chi connectivity index (χ2v) is 6.64. The minimum absolute atomic E-state index is 0.226. The zero-order valence-electron chi connectivity index (χ0n) is 13.1. The molecular weight excluding hydrogens is 308 g/mol. The van der Waals surface area contributed by atoms with Crippen LogP contribution in [0.5, 0.6) is 5.75 Å². The van der Waals surface area contributed by atoms with Crippen LogP contribution in [0.2, 0.25) is 0 Å². The van der Waals surface area contributed by atoms with Gasteiger partial charge in [0.2, 0.25) is 0 Å². The van der Waals surface area contributed by atoms with Crippen LogP contribution < -0.4 is 14.4 Å². The number of hydrogen-bond donors (Lipinski definition) is 1. The van der Waals surface area contributed by atoms with E-state index >= 15 is 0 Å². The molecule has 0 saturated carbocycles. The molecule has 0 radical (unpaired) electrons. The van der Waals surface area contributed by atoms with Gasteiger partial charge in [0, 0.05) is 12.2 Å². The molecule has 0 aliphatic carbocycles. The van der Waals surface area contributed by atoms with Crippen molar-refractivity contribution < 1.29 is 9.47 Å². The summed E-state index contributed by atoms with van der Waals surface area (Å²) in [5, 5.41) is 0. The minimum atomic E-state index is 0.226. The van der Waals surface area contributed by atoms with Crippen molar-refractivity contribution in [1.82, 2.24) is 0 Å². The first-order valence-corrected chi connectivity index (χ1v) is 8.87. The zero-order chi connectivity index (χ0) is 15.6. The summed E-state index contributed by atoms with van der Waals surface area (Å²) in [5.41, 5.74) is 3.53. The van der Waals surface area contributed by atoms with Gasteiger partial charge in [-0.25, -0.2) is 0 Å². The summed E-state index contributed by atoms with van der Waals surface area (Å²) in [4.78, 5) is 2.44. The molecule has 1 saturated heterocycles. The largest absolute Gasteiger partial charge is 0.479 e. The number of rotatable bonds is 2. The Morgan fingerprint density at radius 1 is 1.17 bits per heavy atom. The fourth-order valence-corrected chi connectivity index (χ4v) is 3.70. The molecule has 1 fully saturated rings. The number of fused-ring (bicyclic) bond motifs is 1. The summed E-state index contributed by atoms with van der Waals surface area (Å²) in [5.74, 6) is 1.57. The Kier molecular flexibility index (Phi) is 4.06. The zero-order valence-corrected chi connectivity index (χ0v) is 13.9. The summed E-state index contributed by atoms with van der Waals surface area (Å²) in [6.45, 7) is 3.72. The second-order valence-electron chi connectivity index (χ2n) is 5.91. The Morgan fingerprint density at radius 2 is 2.04 bits per heavy atom. The van der Waals surface area contributed by atoms with Crippen molar-refractivity contribution in [3.05, 3.63) is 54.1 Å². The Balaban J connectivity index is 1.68. The van der Waals surface area contributed by atoms with Gasteiger partial charge in [-0.15, -0.1) is 0 Å². The molecule has 120 valence electrons. The third-order valence-corrected chi connectivity index (χ3v) is 4.90. The van der Waals surface area contributed by atoms with E-state index < -0.39 is 0 Å². The number of nitrogens with zero attached hydrogens (tertiary/aromatic N) is 1. The van der Waals surface area contributed by atoms with Crippen LogP contribution in [0.4, 0.5) is 11.4 Å². The van der Waals surface area contributed by atoms with Gasteiger partial charge in [-0.05, 0) is 42.6 Å². The number of ether oxygens (including phenoxy) is 2. The number of morpholine rings is 1. The molecule has 2 heterocycles. The standard InChI is InChI=1S/C18H20N2O2S/c1-13-10-20(17(11-21-13)14-5-3-2-4-6-14)15-7-8-18-16(9-15)19-23-12-22-18/h2-9,13,17,19H,10-12H2,1H3/t13-,17+/m1/s1. The number of benzene rings is 2. The van der Waals surface area contributed by atoms with E-state index in [1.165, 1.54) is 11.3 Å². The van der Waals surface area contributed by atoms with Gasteiger partial charge in [-0.1, -0.05) is 30.3 Å². The van der Waals surface area contributed by atoms with Crippen LogP contribution >= 0.6 is 11.9 Å². The molecule has 0 bridgehead atoms. The van der Waals surface area contributed by atoms with Gasteiger partial charge in [0.05, 0.1) is 24.4 Å². The maximum atomic E-state index is 5.92. The van der Waals surface area contributed by atoms with Crippen molar-refractivity contribution >= 4 is 23.3 Å². The van der Waals surface area contributed by atoms with Crippen LogP contribution in [0.1, 0.15) is 18.5 Å². The summed E-state index contributed by atoms with van der Waals surface area (Å²) in [7, 11) is 0. The Morgan fingerprint density at radius 3 is 2.91 bits per heavy atom. The van der Waals surface area contributed by atoms with E-state index in [-0.39, 0.29) is 12.1 Å². The SMILES string of the molecule is C[C@@H]1CN(c2ccc3c(c2)NSCO3)[C@H](c2ccccc2)CO1. The molecule has 0 amide bonds. The maximum absolute atomic E-state index is 5.92. The van der Waals surface area contributed by atoms with Gasteiger partial charge in [-0.3, -0.25) is 0 Å². The van der Waals surface area contributed by atoms with Crippen LogP contribution in [0.25, 0.3) is 0 Å². The average Bonchev–Trinajstić information content (AvgIpc) is 2.62. The third kappa shape index (κ3) is 2.99. The molecule has 0 unspecified atom stereocenters. The van der Waals surface area contributed by atoms with E-state index in [1.807, 2.05) is 0 Å². The molecule has 23 heavy (non-hydrogen) atoms. The smallest absolute Gasteiger partial charge is 0.153 e. The van der Waals surface area contributed by atoms with Crippen molar-refractivity contribution in [1.29, 1.82) is 0 Å². The highest BCUT2D eigenvalue weighted by Crippen LogP contribution is 2.38. The normalized spacial score (nSPS) is 23.6. The van der Waals surface area contributed by atoms with Crippen molar-refractivity contribution in [3.63, 3.8) is 0 Å². The quantitative estimate of drug-likeness (QED) is 0.841. The van der Waals surface area contributed by atoms with E-state index in [1.54, 1.807) is 11.9 Å². The van der Waals surface area contributed by atoms with Crippen molar-refractivity contribution in [2.24, 2.45) is 0 Å². The van der Waals surface area contributed by atoms with Gasteiger partial charge in [0.15, 0.2) is 5.94 Å². The molecule has 4 nitrogen and oxygen atoms in total. The van der Waals surface area contributed by atoms with Crippen LogP contribution in [0.15, 0.2) is 48.5 Å². The molecule has 2 aromatic carbocycles. The number of anilines is 2. The topological polar surface area (TPSA) is 33.7 Å². The molecule has 0 spiro atoms. The Hall–Kier alpha value is -1.85. The van der Waals surface area contributed by atoms with E-state index in [2.05, 4.69) is 65.1 Å². The lowest BCUT2D eigenvalue weighted by Gasteiger charge is -2.41. The molecule has 0 aromatic heterocycles. The van der Waals surface area contributed by atoms with Gasteiger partial charge in [0.1, 0.15) is 5.75 Å².